The van der Waals surface area contributed by atoms with E-state index in [1.165, 1.54) is 51.4 Å². The quantitative estimate of drug-likeness (QED) is 0.520. The summed E-state index contributed by atoms with van der Waals surface area (Å²) < 4.78 is 11.7. The van der Waals surface area contributed by atoms with Crippen LogP contribution in [-0.4, -0.2) is 84.3 Å². The molecule has 0 radical (unpaired) electrons. The monoisotopic (exact) mass is 478 g/mol. The molecule has 1 amide bonds. The smallest absolute Gasteiger partial charge is 0.230 e. The Bertz CT molecular complexity index is 682. The third-order valence-electron chi connectivity index (χ3n) is 9.65. The Morgan fingerprint density at radius 3 is 2.59 bits per heavy atom. The molecule has 7 nitrogen and oxygen atoms in total. The number of likely N-dealkylation sites (tertiary alicyclic amines) is 1. The maximum Gasteiger partial charge on any atom is 0.230 e. The fourth-order valence-electron chi connectivity index (χ4n) is 7.38. The van der Waals surface area contributed by atoms with Crippen molar-refractivity contribution in [2.24, 2.45) is 29.6 Å². The van der Waals surface area contributed by atoms with Gasteiger partial charge in [-0.2, -0.15) is 0 Å². The molecule has 34 heavy (non-hydrogen) atoms. The Kier molecular flexibility index (Phi) is 8.16. The minimum absolute atomic E-state index is 0.0432. The summed E-state index contributed by atoms with van der Waals surface area (Å²) in [6, 6.07) is 0.894. The number of nitrogens with zero attached hydrogens (tertiary/aromatic N) is 1. The predicted molar refractivity (Wildman–Crippen MR) is 129 cm³/mol. The fraction of sp³-hybridized carbons (Fsp3) is 0.963. The van der Waals surface area contributed by atoms with Gasteiger partial charge in [0, 0.05) is 50.5 Å². The van der Waals surface area contributed by atoms with Gasteiger partial charge in [0.1, 0.15) is 0 Å². The van der Waals surface area contributed by atoms with Crippen molar-refractivity contribution in [3.63, 3.8) is 0 Å². The highest BCUT2D eigenvalue weighted by molar-refractivity contribution is 5.80. The van der Waals surface area contributed by atoms with E-state index in [1.807, 2.05) is 4.90 Å². The van der Waals surface area contributed by atoms with Crippen LogP contribution in [0.1, 0.15) is 71.1 Å². The van der Waals surface area contributed by atoms with Gasteiger partial charge in [-0.05, 0) is 50.4 Å². The lowest BCUT2D eigenvalue weighted by atomic mass is 9.77. The number of hydrogen-bond donors (Lipinski definition) is 3. The topological polar surface area (TPSA) is 91.3 Å². The van der Waals surface area contributed by atoms with Crippen molar-refractivity contribution in [1.82, 2.24) is 10.2 Å². The molecule has 0 aromatic heterocycles. The minimum atomic E-state index is -0.831. The summed E-state index contributed by atoms with van der Waals surface area (Å²) in [5.41, 5.74) is 0. The Morgan fingerprint density at radius 2 is 1.85 bits per heavy atom. The molecule has 8 atom stereocenters. The molecule has 3 saturated carbocycles. The van der Waals surface area contributed by atoms with Gasteiger partial charge < -0.3 is 29.9 Å². The molecule has 0 spiro atoms. The molecular weight excluding hydrogens is 432 g/mol. The molecule has 5 rings (SSSR count). The van der Waals surface area contributed by atoms with E-state index >= 15 is 0 Å². The van der Waals surface area contributed by atoms with Gasteiger partial charge in [0.05, 0.1) is 37.4 Å². The first-order chi connectivity index (χ1) is 16.5. The standard InChI is InChI=1S/C27H46N2O5/c1-17(20-15-33-16-20)28-23-9-5-8-19-12-29(13-22(19)23)27(32)26-24(31)10-21(30)11-25(26)34-14-18-6-3-2-4-7-18/h17-26,28,30-31H,2-16H2,1H3. The molecule has 0 aromatic rings. The van der Waals surface area contributed by atoms with Gasteiger partial charge in [-0.3, -0.25) is 4.79 Å². The summed E-state index contributed by atoms with van der Waals surface area (Å²) >= 11 is 0. The van der Waals surface area contributed by atoms with Gasteiger partial charge in [0.2, 0.25) is 5.91 Å². The van der Waals surface area contributed by atoms with E-state index < -0.39 is 18.1 Å². The highest BCUT2D eigenvalue weighted by Crippen LogP contribution is 2.39. The van der Waals surface area contributed by atoms with E-state index in [9.17, 15) is 15.0 Å². The molecule has 194 valence electrons. The predicted octanol–water partition coefficient (Wildman–Crippen LogP) is 2.34. The zero-order chi connectivity index (χ0) is 23.7. The van der Waals surface area contributed by atoms with E-state index in [1.54, 1.807) is 0 Å². The first kappa shape index (κ1) is 24.9. The Morgan fingerprint density at radius 1 is 1.06 bits per heavy atom. The lowest BCUT2D eigenvalue weighted by Gasteiger charge is -2.40. The third-order valence-corrected chi connectivity index (χ3v) is 9.65. The van der Waals surface area contributed by atoms with Gasteiger partial charge in [0.15, 0.2) is 0 Å². The maximum atomic E-state index is 13.8. The van der Waals surface area contributed by atoms with Crippen molar-refractivity contribution in [2.45, 2.75) is 102 Å². The van der Waals surface area contributed by atoms with E-state index in [2.05, 4.69) is 12.2 Å². The summed E-state index contributed by atoms with van der Waals surface area (Å²) in [6.45, 7) is 6.20. The Labute approximate surface area is 204 Å². The number of aliphatic hydroxyl groups excluding tert-OH is 2. The molecule has 2 saturated heterocycles. The van der Waals surface area contributed by atoms with Crippen LogP contribution >= 0.6 is 0 Å². The number of fused-ring (bicyclic) bond motifs is 1. The van der Waals surface area contributed by atoms with Crippen LogP contribution in [0.3, 0.4) is 0 Å². The molecular formula is C27H46N2O5. The second-order valence-corrected chi connectivity index (χ2v) is 12.1. The number of carbonyl (C=O) groups excluding carboxylic acids is 1. The van der Waals surface area contributed by atoms with Crippen LogP contribution in [-0.2, 0) is 14.3 Å². The maximum absolute atomic E-state index is 13.8. The van der Waals surface area contributed by atoms with Gasteiger partial charge in [0.25, 0.3) is 0 Å². The van der Waals surface area contributed by atoms with Crippen molar-refractivity contribution in [3.05, 3.63) is 0 Å². The average molecular weight is 479 g/mol. The number of nitrogens with one attached hydrogen (secondary N) is 1. The van der Waals surface area contributed by atoms with Crippen LogP contribution in [0.4, 0.5) is 0 Å². The SMILES string of the molecule is CC(NC1CCCC2CN(C(=O)C3C(O)CC(O)CC3OCC3CCCCC3)CC21)C1COC1. The summed E-state index contributed by atoms with van der Waals surface area (Å²) in [4.78, 5) is 15.8. The number of amides is 1. The molecule has 5 aliphatic rings. The van der Waals surface area contributed by atoms with Crippen molar-refractivity contribution < 1.29 is 24.5 Å². The van der Waals surface area contributed by atoms with Crippen LogP contribution in [0.5, 0.6) is 0 Å². The van der Waals surface area contributed by atoms with E-state index in [0.717, 1.165) is 26.3 Å². The van der Waals surface area contributed by atoms with Crippen molar-refractivity contribution >= 4 is 5.91 Å². The zero-order valence-electron chi connectivity index (χ0n) is 20.9. The summed E-state index contributed by atoms with van der Waals surface area (Å²) in [5, 5.41) is 25.1. The minimum Gasteiger partial charge on any atom is -0.393 e. The van der Waals surface area contributed by atoms with Crippen molar-refractivity contribution in [2.75, 3.05) is 32.9 Å². The van der Waals surface area contributed by atoms with Crippen molar-refractivity contribution in [3.8, 4) is 0 Å². The molecule has 2 heterocycles. The second-order valence-electron chi connectivity index (χ2n) is 12.1. The van der Waals surface area contributed by atoms with Crippen molar-refractivity contribution in [1.29, 1.82) is 0 Å². The Balaban J connectivity index is 1.21. The summed E-state index contributed by atoms with van der Waals surface area (Å²) in [7, 11) is 0. The van der Waals surface area contributed by atoms with E-state index in [0.29, 0.717) is 48.8 Å². The zero-order valence-corrected chi connectivity index (χ0v) is 20.9. The van der Waals surface area contributed by atoms with Crippen LogP contribution < -0.4 is 5.32 Å². The van der Waals surface area contributed by atoms with Gasteiger partial charge >= 0.3 is 0 Å². The van der Waals surface area contributed by atoms with Crippen LogP contribution in [0.25, 0.3) is 0 Å². The highest BCUT2D eigenvalue weighted by atomic mass is 16.5. The van der Waals surface area contributed by atoms with Crippen LogP contribution in [0.2, 0.25) is 0 Å². The van der Waals surface area contributed by atoms with E-state index in [4.69, 9.17) is 9.47 Å². The van der Waals surface area contributed by atoms with Gasteiger partial charge in [-0.15, -0.1) is 0 Å². The summed E-state index contributed by atoms with van der Waals surface area (Å²) in [5.74, 6) is 1.66. The Hall–Kier alpha value is -0.730. The van der Waals surface area contributed by atoms with Crippen LogP contribution in [0, 0.1) is 29.6 Å². The third kappa shape index (κ3) is 5.49. The highest BCUT2D eigenvalue weighted by Gasteiger charge is 2.48. The average Bonchev–Trinajstić information content (AvgIpc) is 3.22. The largest absolute Gasteiger partial charge is 0.393 e. The van der Waals surface area contributed by atoms with Gasteiger partial charge in [-0.1, -0.05) is 25.7 Å². The number of carbonyl (C=O) groups is 1. The molecule has 0 bridgehead atoms. The molecule has 0 aromatic carbocycles. The summed E-state index contributed by atoms with van der Waals surface area (Å²) in [6.07, 6.45) is 8.66. The molecule has 3 aliphatic carbocycles. The normalized spacial score (nSPS) is 40.6. The van der Waals surface area contributed by atoms with E-state index in [-0.39, 0.29) is 18.4 Å². The number of aliphatic hydroxyl groups is 2. The molecule has 8 unspecified atom stereocenters. The molecule has 5 fully saturated rings. The number of hydrogen-bond acceptors (Lipinski definition) is 6. The first-order valence-electron chi connectivity index (χ1n) is 14.1. The lowest BCUT2D eigenvalue weighted by molar-refractivity contribution is -0.158. The number of rotatable bonds is 7. The first-order valence-corrected chi connectivity index (χ1v) is 14.1. The molecule has 3 N–H and O–H groups in total. The lowest BCUT2D eigenvalue weighted by Crippen LogP contribution is -2.53. The van der Waals surface area contributed by atoms with Crippen LogP contribution in [0.15, 0.2) is 0 Å². The molecule has 2 aliphatic heterocycles. The fourth-order valence-corrected chi connectivity index (χ4v) is 7.38. The van der Waals surface area contributed by atoms with Gasteiger partial charge in [-0.25, -0.2) is 0 Å². The molecule has 7 heteroatoms. The second kappa shape index (κ2) is 11.1. The number of ether oxygens (including phenoxy) is 2.